The quantitative estimate of drug-likeness (QED) is 0.101. The molecule has 0 saturated carbocycles. The Morgan fingerprint density at radius 2 is 1.53 bits per heavy atom. The average Bonchev–Trinajstić information content (AvgIpc) is 2.98. The van der Waals surface area contributed by atoms with Gasteiger partial charge in [0, 0.05) is 37.0 Å². The monoisotopic (exact) mass is 743 g/mol. The van der Waals surface area contributed by atoms with Crippen molar-refractivity contribution in [1.82, 2.24) is 4.90 Å². The number of amides is 1. The van der Waals surface area contributed by atoms with E-state index in [9.17, 15) is 61.2 Å². The minimum absolute atomic E-state index is 0.0525. The van der Waals surface area contributed by atoms with Crippen LogP contribution < -0.4 is 21.3 Å². The topological polar surface area (TPSA) is 189 Å². The lowest BCUT2D eigenvalue weighted by Gasteiger charge is -2.50. The first-order chi connectivity index (χ1) is 23.4. The van der Waals surface area contributed by atoms with Gasteiger partial charge in [0.2, 0.25) is 5.78 Å². The molecule has 51 heavy (non-hydrogen) atoms. The molecule has 3 aliphatic rings. The second-order valence-corrected chi connectivity index (χ2v) is 13.3. The van der Waals surface area contributed by atoms with Crippen LogP contribution in [0.3, 0.4) is 0 Å². The number of nitrogens with two attached hydrogens (primary N) is 1. The smallest absolute Gasteiger partial charge is 0.416 e. The second kappa shape index (κ2) is 12.4. The molecule has 0 aliphatic heterocycles. The summed E-state index contributed by atoms with van der Waals surface area (Å²) in [6.45, 7) is 0. The van der Waals surface area contributed by atoms with Crippen molar-refractivity contribution in [3.8, 4) is 5.75 Å². The largest absolute Gasteiger partial charge is 0.510 e. The molecule has 8 N–H and O–H groups in total. The number of hydrogen-bond donors (Lipinski definition) is 7. The number of likely N-dealkylation sites (N-methyl/N-ethyl adjacent to an activating group) is 1. The van der Waals surface area contributed by atoms with Crippen LogP contribution in [0.5, 0.6) is 5.75 Å². The molecule has 3 aliphatic carbocycles. The standard InChI is InChI=1S/C32H31F6N5O7S/c1-42(2)18-10-17(41-29(51)40-14-8-12(31(33,34)35)7-13(9-14)32(36,37)38)23(44)20-15(18)5-11-6-16-22(43(3)4)25(46)21(28(39)49)27(48)30(16,50)26(47)19(11)24(20)45/h7-11,16,22,44,46-47,50H,5-6H2,1-4H3,(H2,39,49)(H2,40,41,51)/t11-,16+,22+,30+/m1/s1. The van der Waals surface area contributed by atoms with Crippen molar-refractivity contribution in [2.75, 3.05) is 43.7 Å². The number of hydrogen-bond acceptors (Lipinski definition) is 10. The number of phenolic OH excluding ortho intramolecular Hbond substituents is 1. The number of aromatic hydroxyl groups is 1. The number of aliphatic hydroxyl groups excluding tert-OH is 2. The first kappa shape index (κ1) is 37.4. The van der Waals surface area contributed by atoms with Gasteiger partial charge in [-0.1, -0.05) is 0 Å². The van der Waals surface area contributed by atoms with Crippen molar-refractivity contribution in [3.63, 3.8) is 0 Å². The zero-order chi connectivity index (χ0) is 38.3. The number of nitrogens with zero attached hydrogens (tertiary/aromatic N) is 2. The van der Waals surface area contributed by atoms with E-state index in [-0.39, 0.29) is 30.2 Å². The highest BCUT2D eigenvalue weighted by molar-refractivity contribution is 7.80. The van der Waals surface area contributed by atoms with E-state index >= 15 is 0 Å². The van der Waals surface area contributed by atoms with Crippen molar-refractivity contribution >= 4 is 51.9 Å². The first-order valence-corrected chi connectivity index (χ1v) is 15.4. The molecule has 1 amide bonds. The summed E-state index contributed by atoms with van der Waals surface area (Å²) in [5.41, 5.74) is -3.03. The fourth-order valence-electron chi connectivity index (χ4n) is 7.10. The number of primary amides is 1. The Balaban J connectivity index is 1.59. The number of rotatable bonds is 5. The van der Waals surface area contributed by atoms with E-state index in [0.717, 1.165) is 0 Å². The van der Waals surface area contributed by atoms with Crippen molar-refractivity contribution in [1.29, 1.82) is 0 Å². The van der Waals surface area contributed by atoms with Gasteiger partial charge >= 0.3 is 12.4 Å². The summed E-state index contributed by atoms with van der Waals surface area (Å²) >= 11 is 5.14. The third-order valence-corrected chi connectivity index (χ3v) is 9.48. The summed E-state index contributed by atoms with van der Waals surface area (Å²) in [6, 6.07) is 0.862. The summed E-state index contributed by atoms with van der Waals surface area (Å²) in [4.78, 5) is 42.9. The van der Waals surface area contributed by atoms with E-state index in [2.05, 4.69) is 10.6 Å². The number of phenols is 1. The lowest BCUT2D eigenvalue weighted by atomic mass is 9.58. The van der Waals surface area contributed by atoms with Crippen LogP contribution in [0.4, 0.5) is 43.4 Å². The molecule has 2 aromatic carbocycles. The third-order valence-electron chi connectivity index (χ3n) is 9.27. The van der Waals surface area contributed by atoms with Crippen molar-refractivity contribution in [2.24, 2.45) is 17.6 Å². The first-order valence-electron chi connectivity index (χ1n) is 15.0. The van der Waals surface area contributed by atoms with E-state index in [0.29, 0.717) is 17.8 Å². The molecule has 0 fully saturated rings. The number of anilines is 3. The number of Topliss-reactive ketones (excluding diaryl/α,β-unsaturated/α-hetero) is 2. The summed E-state index contributed by atoms with van der Waals surface area (Å²) in [6.07, 6.45) is -10.5. The van der Waals surface area contributed by atoms with Crippen LogP contribution in [0.1, 0.15) is 33.5 Å². The molecule has 2 aromatic rings. The van der Waals surface area contributed by atoms with E-state index < -0.39 is 109 Å². The molecule has 19 heteroatoms. The minimum atomic E-state index is -5.14. The Morgan fingerprint density at radius 1 is 0.961 bits per heavy atom. The number of ketones is 2. The van der Waals surface area contributed by atoms with Crippen LogP contribution in [0.15, 0.2) is 46.9 Å². The maximum Gasteiger partial charge on any atom is 0.416 e. The molecule has 0 radical (unpaired) electrons. The molecule has 0 bridgehead atoms. The van der Waals surface area contributed by atoms with Gasteiger partial charge in [0.05, 0.1) is 28.4 Å². The predicted octanol–water partition coefficient (Wildman–Crippen LogP) is 4.03. The molecule has 0 saturated heterocycles. The van der Waals surface area contributed by atoms with E-state index in [1.165, 1.54) is 25.1 Å². The van der Waals surface area contributed by atoms with Gasteiger partial charge in [-0.25, -0.2) is 0 Å². The average molecular weight is 744 g/mol. The van der Waals surface area contributed by atoms with Crippen molar-refractivity contribution in [3.05, 3.63) is 69.2 Å². The van der Waals surface area contributed by atoms with Gasteiger partial charge in [0.1, 0.15) is 17.1 Å². The summed E-state index contributed by atoms with van der Waals surface area (Å²) in [5.74, 6) is -8.58. The molecule has 5 rings (SSSR count). The highest BCUT2D eigenvalue weighted by atomic mass is 32.1. The van der Waals surface area contributed by atoms with Gasteiger partial charge in [-0.2, -0.15) is 26.3 Å². The third kappa shape index (κ3) is 6.12. The number of alkyl halides is 6. The number of allylic oxidation sites excluding steroid dienone is 1. The molecule has 0 aromatic heterocycles. The van der Waals surface area contributed by atoms with Gasteiger partial charge in [0.25, 0.3) is 5.91 Å². The maximum absolute atomic E-state index is 14.2. The minimum Gasteiger partial charge on any atom is -0.510 e. The second-order valence-electron chi connectivity index (χ2n) is 12.9. The predicted molar refractivity (Wildman–Crippen MR) is 174 cm³/mol. The van der Waals surface area contributed by atoms with Gasteiger partial charge in [0.15, 0.2) is 22.2 Å². The SMILES string of the molecule is CN(C)c1cc(NC(=S)Nc2cc(C(F)(F)F)cc(C(F)(F)F)c2)c(O)c2c1C[C@@H]1C[C@H]3[C@H](N(C)C)C(O)=C(C(N)=O)C(=O)[C@@]3(O)C(O)=C1C2=O. The molecule has 0 spiro atoms. The number of halogens is 6. The van der Waals surface area contributed by atoms with Crippen LogP contribution >= 0.6 is 12.2 Å². The molecule has 4 atom stereocenters. The van der Waals surface area contributed by atoms with Crippen molar-refractivity contribution in [2.45, 2.75) is 36.8 Å². The Bertz CT molecular complexity index is 1930. The molecular weight excluding hydrogens is 712 g/mol. The number of carbonyl (C=O) groups excluding carboxylic acids is 3. The van der Waals surface area contributed by atoms with Gasteiger partial charge < -0.3 is 41.7 Å². The zero-order valence-corrected chi connectivity index (χ0v) is 27.9. The van der Waals surface area contributed by atoms with Crippen LogP contribution in [0.2, 0.25) is 0 Å². The Kier molecular flexibility index (Phi) is 9.10. The van der Waals surface area contributed by atoms with E-state index in [1.54, 1.807) is 19.0 Å². The number of nitrogens with one attached hydrogen (secondary N) is 2. The van der Waals surface area contributed by atoms with E-state index in [4.69, 9.17) is 18.0 Å². The zero-order valence-electron chi connectivity index (χ0n) is 27.1. The molecular formula is C32H31F6N5O7S. The number of thiocarbonyl (C=S) groups is 1. The molecule has 0 heterocycles. The summed E-state index contributed by atoms with van der Waals surface area (Å²) < 4.78 is 80.4. The lowest BCUT2D eigenvalue weighted by molar-refractivity contribution is -0.148. The number of fused-ring (bicyclic) bond motifs is 3. The van der Waals surface area contributed by atoms with Gasteiger partial charge in [-0.05, 0) is 74.9 Å². The number of benzene rings is 2. The Labute approximate surface area is 290 Å². The van der Waals surface area contributed by atoms with Crippen LogP contribution in [-0.4, -0.2) is 87.7 Å². The fraction of sp³-hybridized carbons (Fsp3) is 0.375. The molecule has 0 unspecified atom stereocenters. The van der Waals surface area contributed by atoms with Crippen molar-refractivity contribution < 1.29 is 61.2 Å². The fourth-order valence-corrected chi connectivity index (χ4v) is 7.33. The van der Waals surface area contributed by atoms with Crippen LogP contribution in [0.25, 0.3) is 0 Å². The van der Waals surface area contributed by atoms with Gasteiger partial charge in [-0.15, -0.1) is 0 Å². The molecule has 12 nitrogen and oxygen atoms in total. The molecule has 274 valence electrons. The summed E-state index contributed by atoms with van der Waals surface area (Å²) in [7, 11) is 6.14. The highest BCUT2D eigenvalue weighted by Crippen LogP contribution is 2.54. The van der Waals surface area contributed by atoms with Crippen LogP contribution in [-0.2, 0) is 28.4 Å². The van der Waals surface area contributed by atoms with E-state index in [1.807, 2.05) is 0 Å². The van der Waals surface area contributed by atoms with Crippen LogP contribution in [0, 0.1) is 11.8 Å². The Hall–Kier alpha value is -4.88. The highest BCUT2D eigenvalue weighted by Gasteiger charge is 2.63. The van der Waals surface area contributed by atoms with Gasteiger partial charge in [-0.3, -0.25) is 19.3 Å². The number of aliphatic hydroxyl groups is 3. The normalized spacial score (nSPS) is 23.5. The maximum atomic E-state index is 14.2. The Morgan fingerprint density at radius 3 is 2.02 bits per heavy atom. The lowest BCUT2D eigenvalue weighted by Crippen LogP contribution is -2.63. The summed E-state index contributed by atoms with van der Waals surface area (Å²) in [5, 5.41) is 49.8. The number of carbonyl (C=O) groups is 3.